The summed E-state index contributed by atoms with van der Waals surface area (Å²) < 4.78 is 5.22. The minimum Gasteiger partial charge on any atom is -0.507 e. The predicted octanol–water partition coefficient (Wildman–Crippen LogP) is 3.16. The Morgan fingerprint density at radius 1 is 1.10 bits per heavy atom. The number of hydrogen-bond acceptors (Lipinski definition) is 6. The van der Waals surface area contributed by atoms with E-state index < -0.39 is 17.7 Å². The van der Waals surface area contributed by atoms with Crippen LogP contribution in [0.4, 0.5) is 0 Å². The minimum atomic E-state index is -0.787. The van der Waals surface area contributed by atoms with Gasteiger partial charge in [0.2, 0.25) is 0 Å². The summed E-state index contributed by atoms with van der Waals surface area (Å²) in [4.78, 5) is 29.6. The van der Waals surface area contributed by atoms with Gasteiger partial charge in [0.15, 0.2) is 11.5 Å². The second kappa shape index (κ2) is 9.66. The van der Waals surface area contributed by atoms with E-state index >= 15 is 0 Å². The number of aromatic hydroxyl groups is 1. The van der Waals surface area contributed by atoms with Crippen molar-refractivity contribution in [1.82, 2.24) is 9.80 Å². The second-order valence-corrected chi connectivity index (χ2v) is 7.32. The first-order valence-corrected chi connectivity index (χ1v) is 10.4. The third-order valence-corrected chi connectivity index (χ3v) is 5.66. The molecule has 2 aromatic carbocycles. The first-order valence-electron chi connectivity index (χ1n) is 10.4. The molecule has 0 spiro atoms. The summed E-state index contributed by atoms with van der Waals surface area (Å²) >= 11 is 0. The van der Waals surface area contributed by atoms with Crippen LogP contribution in [-0.4, -0.2) is 65.0 Å². The highest BCUT2D eigenvalue weighted by atomic mass is 16.5. The molecule has 1 atom stereocenters. The number of rotatable bonds is 8. The van der Waals surface area contributed by atoms with Crippen LogP contribution in [0.15, 0.2) is 54.1 Å². The molecular formula is C24H28N2O5. The maximum Gasteiger partial charge on any atom is 0.295 e. The highest BCUT2D eigenvalue weighted by Gasteiger charge is 2.46. The molecule has 0 bridgehead atoms. The first kappa shape index (κ1) is 22.4. The highest BCUT2D eigenvalue weighted by molar-refractivity contribution is 6.46. The number of likely N-dealkylation sites (N-methyl/N-ethyl adjacent to an activating group) is 1. The third kappa shape index (κ3) is 4.41. The normalized spacial score (nSPS) is 18.1. The van der Waals surface area contributed by atoms with E-state index in [1.807, 2.05) is 19.9 Å². The molecular weight excluding hydrogens is 396 g/mol. The fourth-order valence-electron chi connectivity index (χ4n) is 3.86. The average Bonchev–Trinajstić information content (AvgIpc) is 3.05. The van der Waals surface area contributed by atoms with Gasteiger partial charge in [0.1, 0.15) is 5.76 Å². The van der Waals surface area contributed by atoms with Crippen molar-refractivity contribution in [1.29, 1.82) is 0 Å². The maximum atomic E-state index is 13.0. The molecule has 0 radical (unpaired) electrons. The van der Waals surface area contributed by atoms with E-state index in [-0.39, 0.29) is 22.8 Å². The minimum absolute atomic E-state index is 0.0310. The van der Waals surface area contributed by atoms with Crippen LogP contribution in [0.2, 0.25) is 0 Å². The summed E-state index contributed by atoms with van der Waals surface area (Å²) in [6.07, 6.45) is 0. The van der Waals surface area contributed by atoms with E-state index in [0.717, 1.165) is 13.1 Å². The van der Waals surface area contributed by atoms with Crippen LogP contribution in [0.1, 0.15) is 31.0 Å². The van der Waals surface area contributed by atoms with Gasteiger partial charge in [-0.15, -0.1) is 0 Å². The summed E-state index contributed by atoms with van der Waals surface area (Å²) in [5.41, 5.74) is 1.06. The Labute approximate surface area is 182 Å². The molecule has 7 nitrogen and oxygen atoms in total. The van der Waals surface area contributed by atoms with Crippen LogP contribution in [0, 0.1) is 0 Å². The lowest BCUT2D eigenvalue weighted by Crippen LogP contribution is -2.38. The van der Waals surface area contributed by atoms with Crippen LogP contribution in [0.25, 0.3) is 5.76 Å². The second-order valence-electron chi connectivity index (χ2n) is 7.32. The maximum absolute atomic E-state index is 13.0. The van der Waals surface area contributed by atoms with E-state index in [0.29, 0.717) is 24.2 Å². The van der Waals surface area contributed by atoms with Crippen molar-refractivity contribution < 1.29 is 24.5 Å². The van der Waals surface area contributed by atoms with Crippen LogP contribution in [0.3, 0.4) is 0 Å². The highest BCUT2D eigenvalue weighted by Crippen LogP contribution is 2.41. The molecule has 1 unspecified atom stereocenters. The SMILES string of the molecule is CCN(CC)CCN1C(=O)C(=O)/C(=C(\O)c2ccccc2)C1c1ccc(O)c(OC)c1. The molecule has 1 fully saturated rings. The molecule has 7 heteroatoms. The number of amides is 1. The molecule has 1 amide bonds. The Hall–Kier alpha value is -3.32. The number of nitrogens with zero attached hydrogens (tertiary/aromatic N) is 2. The number of aliphatic hydroxyl groups is 1. The van der Waals surface area contributed by atoms with Gasteiger partial charge in [0.05, 0.1) is 18.7 Å². The molecule has 1 aliphatic heterocycles. The predicted molar refractivity (Wildman–Crippen MR) is 118 cm³/mol. The van der Waals surface area contributed by atoms with Gasteiger partial charge in [-0.3, -0.25) is 9.59 Å². The van der Waals surface area contributed by atoms with Crippen molar-refractivity contribution >= 4 is 17.4 Å². The number of carbonyl (C=O) groups is 2. The smallest absolute Gasteiger partial charge is 0.295 e. The van der Waals surface area contributed by atoms with Crippen LogP contribution in [-0.2, 0) is 9.59 Å². The number of methoxy groups -OCH3 is 1. The number of Topliss-reactive ketones (excluding diaryl/α,β-unsaturated/α-hetero) is 1. The van der Waals surface area contributed by atoms with E-state index in [4.69, 9.17) is 4.74 Å². The standard InChI is InChI=1S/C24H28N2O5/c1-4-25(5-2)13-14-26-21(17-11-12-18(27)19(15-17)31-3)20(23(29)24(26)30)22(28)16-9-7-6-8-10-16/h6-12,15,21,27-28H,4-5,13-14H2,1-3H3/b22-20-. The van der Waals surface area contributed by atoms with Gasteiger partial charge in [-0.2, -0.15) is 0 Å². The number of phenols is 1. The van der Waals surface area contributed by atoms with Gasteiger partial charge in [-0.1, -0.05) is 50.2 Å². The largest absolute Gasteiger partial charge is 0.507 e. The van der Waals surface area contributed by atoms with Crippen molar-refractivity contribution in [3.05, 3.63) is 65.2 Å². The lowest BCUT2D eigenvalue weighted by Gasteiger charge is -2.28. The number of aliphatic hydroxyl groups excluding tert-OH is 1. The lowest BCUT2D eigenvalue weighted by molar-refractivity contribution is -0.140. The number of phenolic OH excluding ortho intramolecular Hbond substituents is 1. The van der Waals surface area contributed by atoms with E-state index in [1.54, 1.807) is 36.4 Å². The molecule has 2 N–H and O–H groups in total. The lowest BCUT2D eigenvalue weighted by atomic mass is 9.95. The molecule has 31 heavy (non-hydrogen) atoms. The van der Waals surface area contributed by atoms with Crippen molar-refractivity contribution in [3.8, 4) is 11.5 Å². The Morgan fingerprint density at radius 2 is 1.77 bits per heavy atom. The summed E-state index contributed by atoms with van der Waals surface area (Å²) in [6.45, 7) is 6.64. The fraction of sp³-hybridized carbons (Fsp3) is 0.333. The van der Waals surface area contributed by atoms with Gasteiger partial charge < -0.3 is 24.7 Å². The summed E-state index contributed by atoms with van der Waals surface area (Å²) in [7, 11) is 1.43. The van der Waals surface area contributed by atoms with E-state index in [1.165, 1.54) is 18.1 Å². The number of hydrogen-bond donors (Lipinski definition) is 2. The Kier molecular flexibility index (Phi) is 6.97. The molecule has 164 valence electrons. The zero-order valence-electron chi connectivity index (χ0n) is 18.0. The summed E-state index contributed by atoms with van der Waals surface area (Å²) in [6, 6.07) is 12.6. The first-order chi connectivity index (χ1) is 14.9. The van der Waals surface area contributed by atoms with Crippen LogP contribution >= 0.6 is 0 Å². The topological polar surface area (TPSA) is 90.3 Å². The number of carbonyl (C=O) groups excluding carboxylic acids is 2. The van der Waals surface area contributed by atoms with Gasteiger partial charge >= 0.3 is 0 Å². The average molecular weight is 424 g/mol. The van der Waals surface area contributed by atoms with Gasteiger partial charge in [-0.25, -0.2) is 0 Å². The molecule has 2 aromatic rings. The number of likely N-dealkylation sites (tertiary alicyclic amines) is 1. The number of ether oxygens (including phenoxy) is 1. The van der Waals surface area contributed by atoms with E-state index in [2.05, 4.69) is 4.90 Å². The zero-order chi connectivity index (χ0) is 22.5. The molecule has 0 saturated carbocycles. The van der Waals surface area contributed by atoms with Crippen molar-refractivity contribution in [2.45, 2.75) is 19.9 Å². The van der Waals surface area contributed by atoms with Crippen molar-refractivity contribution in [3.63, 3.8) is 0 Å². The van der Waals surface area contributed by atoms with Gasteiger partial charge in [0, 0.05) is 18.7 Å². The molecule has 1 aliphatic rings. The summed E-state index contributed by atoms with van der Waals surface area (Å²) in [5.74, 6) is -1.41. The van der Waals surface area contributed by atoms with Gasteiger partial charge in [0.25, 0.3) is 11.7 Å². The zero-order valence-corrected chi connectivity index (χ0v) is 18.0. The Morgan fingerprint density at radius 3 is 2.39 bits per heavy atom. The van der Waals surface area contributed by atoms with Crippen LogP contribution in [0.5, 0.6) is 11.5 Å². The van der Waals surface area contributed by atoms with Gasteiger partial charge in [-0.05, 0) is 30.8 Å². The molecule has 3 rings (SSSR count). The summed E-state index contributed by atoms with van der Waals surface area (Å²) in [5, 5.41) is 21.0. The number of benzene rings is 2. The third-order valence-electron chi connectivity index (χ3n) is 5.66. The fourth-order valence-corrected chi connectivity index (χ4v) is 3.86. The van der Waals surface area contributed by atoms with Crippen LogP contribution < -0.4 is 4.74 Å². The quantitative estimate of drug-likeness (QED) is 0.384. The molecule has 1 saturated heterocycles. The Bertz CT molecular complexity index is 983. The van der Waals surface area contributed by atoms with E-state index in [9.17, 15) is 19.8 Å². The monoisotopic (exact) mass is 424 g/mol. The molecule has 1 heterocycles. The molecule has 0 aliphatic carbocycles. The van der Waals surface area contributed by atoms with Crippen molar-refractivity contribution in [2.75, 3.05) is 33.3 Å². The number of ketones is 1. The van der Waals surface area contributed by atoms with Crippen molar-refractivity contribution in [2.24, 2.45) is 0 Å². The Balaban J connectivity index is 2.13. The molecule has 0 aromatic heterocycles.